The van der Waals surface area contributed by atoms with Crippen molar-refractivity contribution in [3.8, 4) is 0 Å². The highest BCUT2D eigenvalue weighted by Crippen LogP contribution is 2.75. The Morgan fingerprint density at radius 3 is 2.16 bits per heavy atom. The third-order valence-electron chi connectivity index (χ3n) is 13.3. The fourth-order valence-corrected chi connectivity index (χ4v) is 11.1. The first kappa shape index (κ1) is 27.6. The summed E-state index contributed by atoms with van der Waals surface area (Å²) >= 11 is 0. The van der Waals surface area contributed by atoms with E-state index in [1.165, 1.54) is 6.92 Å². The van der Waals surface area contributed by atoms with Gasteiger partial charge in [0.05, 0.1) is 17.3 Å². The molecule has 0 aromatic rings. The minimum atomic E-state index is -0.863. The van der Waals surface area contributed by atoms with Crippen LogP contribution in [0.1, 0.15) is 120 Å². The van der Waals surface area contributed by atoms with Gasteiger partial charge in [0, 0.05) is 24.7 Å². The second kappa shape index (κ2) is 8.29. The van der Waals surface area contributed by atoms with Crippen LogP contribution in [0.2, 0.25) is 0 Å². The molecule has 5 fully saturated rings. The van der Waals surface area contributed by atoms with Gasteiger partial charge in [-0.15, -0.1) is 0 Å². The Morgan fingerprint density at radius 2 is 1.57 bits per heavy atom. The molecule has 5 aliphatic rings. The Bertz CT molecular complexity index is 965. The van der Waals surface area contributed by atoms with E-state index in [9.17, 15) is 14.7 Å². The quantitative estimate of drug-likeness (QED) is 0.434. The van der Waals surface area contributed by atoms with Crippen molar-refractivity contribution >= 4 is 11.8 Å². The summed E-state index contributed by atoms with van der Waals surface area (Å²) < 4.78 is 12.5. The minimum absolute atomic E-state index is 0.0323. The molecule has 1 saturated heterocycles. The number of hydrogen-bond acceptors (Lipinski definition) is 5. The molecule has 1 heterocycles. The maximum Gasteiger partial charge on any atom is 0.302 e. The van der Waals surface area contributed by atoms with E-state index >= 15 is 0 Å². The minimum Gasteiger partial charge on any atom is -0.462 e. The Kier molecular flexibility index (Phi) is 6.19. The molecule has 0 aromatic heterocycles. The van der Waals surface area contributed by atoms with Crippen molar-refractivity contribution in [2.75, 3.05) is 0 Å². The van der Waals surface area contributed by atoms with Crippen LogP contribution in [0.4, 0.5) is 0 Å². The highest BCUT2D eigenvalue weighted by molar-refractivity contribution is 5.84. The van der Waals surface area contributed by atoms with Crippen molar-refractivity contribution in [1.82, 2.24) is 0 Å². The van der Waals surface area contributed by atoms with Crippen LogP contribution in [0, 0.1) is 45.3 Å². The molecule has 0 aromatic carbocycles. The number of fused-ring (bicyclic) bond motifs is 5. The average Bonchev–Trinajstić information content (AvgIpc) is 3.35. The third kappa shape index (κ3) is 3.75. The molecule has 37 heavy (non-hydrogen) atoms. The molecule has 0 bridgehead atoms. The van der Waals surface area contributed by atoms with Crippen LogP contribution in [-0.2, 0) is 19.1 Å². The summed E-state index contributed by atoms with van der Waals surface area (Å²) in [6.45, 7) is 19.4. The van der Waals surface area contributed by atoms with Crippen molar-refractivity contribution in [2.24, 2.45) is 45.3 Å². The standard InChI is InChI=1S/C32H52O5/c1-19(33)36-24-12-14-29(6)22(27(24,2)3)11-16-30(7)23(29)18-21(34)26-20(10-15-31(26,30)8)32(9)17-13-25(37-32)28(4,5)35/h20,22-26,35H,10-18H2,1-9H3/t20-,22-,23+,24-,25-,26-,29-,30+,31+,32-/m0/s1. The molecule has 0 amide bonds. The number of esters is 1. The van der Waals surface area contributed by atoms with Crippen LogP contribution in [0.15, 0.2) is 0 Å². The van der Waals surface area contributed by atoms with E-state index in [-0.39, 0.29) is 57.3 Å². The molecule has 210 valence electrons. The molecular formula is C32H52O5. The van der Waals surface area contributed by atoms with E-state index in [2.05, 4.69) is 41.5 Å². The molecule has 1 N–H and O–H groups in total. The lowest BCUT2D eigenvalue weighted by Gasteiger charge is -2.69. The topological polar surface area (TPSA) is 72.8 Å². The molecule has 5 heteroatoms. The first-order chi connectivity index (χ1) is 16.9. The number of ether oxygens (including phenoxy) is 2. The summed E-state index contributed by atoms with van der Waals surface area (Å²) in [6, 6.07) is 0. The van der Waals surface area contributed by atoms with E-state index in [1.54, 1.807) is 0 Å². The van der Waals surface area contributed by atoms with Gasteiger partial charge < -0.3 is 14.6 Å². The Labute approximate surface area is 224 Å². The molecule has 10 atom stereocenters. The Morgan fingerprint density at radius 1 is 0.919 bits per heavy atom. The van der Waals surface area contributed by atoms with Crippen molar-refractivity contribution in [1.29, 1.82) is 0 Å². The van der Waals surface area contributed by atoms with E-state index in [1.807, 2.05) is 13.8 Å². The maximum atomic E-state index is 14.3. The zero-order valence-corrected chi connectivity index (χ0v) is 24.9. The molecule has 0 spiro atoms. The molecule has 4 saturated carbocycles. The summed E-state index contributed by atoms with van der Waals surface area (Å²) in [4.78, 5) is 26.2. The zero-order valence-electron chi connectivity index (χ0n) is 24.9. The van der Waals surface area contributed by atoms with Gasteiger partial charge in [-0.25, -0.2) is 0 Å². The predicted molar refractivity (Wildman–Crippen MR) is 144 cm³/mol. The smallest absolute Gasteiger partial charge is 0.302 e. The predicted octanol–water partition coefficient (Wildman–Crippen LogP) is 6.49. The highest BCUT2D eigenvalue weighted by atomic mass is 16.5. The molecule has 5 nitrogen and oxygen atoms in total. The van der Waals surface area contributed by atoms with Gasteiger partial charge in [0.15, 0.2) is 0 Å². The van der Waals surface area contributed by atoms with Crippen molar-refractivity contribution in [3.63, 3.8) is 0 Å². The van der Waals surface area contributed by atoms with Crippen molar-refractivity contribution in [2.45, 2.75) is 144 Å². The normalized spacial score (nSPS) is 51.2. The Balaban J connectivity index is 1.46. The summed E-state index contributed by atoms with van der Waals surface area (Å²) in [7, 11) is 0. The van der Waals surface area contributed by atoms with Gasteiger partial charge >= 0.3 is 5.97 Å². The number of carbonyl (C=O) groups is 2. The second-order valence-electron chi connectivity index (χ2n) is 15.8. The fourth-order valence-electron chi connectivity index (χ4n) is 11.1. The van der Waals surface area contributed by atoms with Gasteiger partial charge in [-0.3, -0.25) is 9.59 Å². The zero-order chi connectivity index (χ0) is 27.4. The molecular weight excluding hydrogens is 464 g/mol. The molecule has 1 aliphatic heterocycles. The second-order valence-corrected chi connectivity index (χ2v) is 15.8. The van der Waals surface area contributed by atoms with Crippen LogP contribution in [0.25, 0.3) is 0 Å². The van der Waals surface area contributed by atoms with Gasteiger partial charge in [-0.2, -0.15) is 0 Å². The average molecular weight is 517 g/mol. The first-order valence-electron chi connectivity index (χ1n) is 15.0. The SMILES string of the molecule is CC(=O)O[C@H]1CC[C@]2(C)[C@H]3CC(=O)[C@@H]4[C@@H]([C@]5(C)CC[C@@H](C(C)(C)O)O5)CC[C@@]4(C)[C@]3(C)CC[C@H]2C1(C)C. The van der Waals surface area contributed by atoms with Gasteiger partial charge in [-0.1, -0.05) is 34.6 Å². The van der Waals surface area contributed by atoms with Crippen LogP contribution in [0.5, 0.6) is 0 Å². The lowest BCUT2D eigenvalue weighted by Crippen LogP contribution is -2.66. The number of hydrogen-bond donors (Lipinski definition) is 1. The van der Waals surface area contributed by atoms with Crippen LogP contribution >= 0.6 is 0 Å². The van der Waals surface area contributed by atoms with Crippen LogP contribution in [0.3, 0.4) is 0 Å². The van der Waals surface area contributed by atoms with E-state index < -0.39 is 5.60 Å². The summed E-state index contributed by atoms with van der Waals surface area (Å²) in [5.74, 6) is 1.30. The Hall–Kier alpha value is -0.940. The molecule has 4 aliphatic carbocycles. The number of rotatable bonds is 3. The summed E-state index contributed by atoms with van der Waals surface area (Å²) in [5.41, 5.74) is -1.19. The van der Waals surface area contributed by atoms with Crippen molar-refractivity contribution in [3.05, 3.63) is 0 Å². The van der Waals surface area contributed by atoms with Crippen LogP contribution < -0.4 is 0 Å². The summed E-state index contributed by atoms with van der Waals surface area (Å²) in [5, 5.41) is 10.7. The maximum absolute atomic E-state index is 14.3. The summed E-state index contributed by atoms with van der Waals surface area (Å²) in [6.07, 6.45) is 8.49. The van der Waals surface area contributed by atoms with Gasteiger partial charge in [-0.05, 0) is 106 Å². The lowest BCUT2D eigenvalue weighted by molar-refractivity contribution is -0.227. The van der Waals surface area contributed by atoms with E-state index in [0.29, 0.717) is 24.0 Å². The largest absolute Gasteiger partial charge is 0.462 e. The molecule has 0 unspecified atom stereocenters. The van der Waals surface area contributed by atoms with Crippen LogP contribution in [-0.4, -0.2) is 40.3 Å². The fraction of sp³-hybridized carbons (Fsp3) is 0.938. The van der Waals surface area contributed by atoms with E-state index in [4.69, 9.17) is 9.47 Å². The van der Waals surface area contributed by atoms with E-state index in [0.717, 1.165) is 51.4 Å². The van der Waals surface area contributed by atoms with Gasteiger partial charge in [0.2, 0.25) is 0 Å². The molecule has 5 rings (SSSR count). The number of carbonyl (C=O) groups excluding carboxylic acids is 2. The monoisotopic (exact) mass is 516 g/mol. The molecule has 0 radical (unpaired) electrons. The van der Waals surface area contributed by atoms with Gasteiger partial charge in [0.1, 0.15) is 11.9 Å². The highest BCUT2D eigenvalue weighted by Gasteiger charge is 2.72. The number of aliphatic hydroxyl groups is 1. The van der Waals surface area contributed by atoms with Gasteiger partial charge in [0.25, 0.3) is 0 Å². The first-order valence-corrected chi connectivity index (χ1v) is 15.0. The van der Waals surface area contributed by atoms with Crippen molar-refractivity contribution < 1.29 is 24.2 Å². The number of ketones is 1. The lowest BCUT2D eigenvalue weighted by atomic mass is 9.35. The number of Topliss-reactive ketones (excluding diaryl/α,β-unsaturated/α-hetero) is 1. The third-order valence-corrected chi connectivity index (χ3v) is 13.3.